The number of carbonyl (C=O) groups excluding carboxylic acids is 3. The van der Waals surface area contributed by atoms with E-state index in [-0.39, 0.29) is 24.3 Å². The van der Waals surface area contributed by atoms with E-state index in [1.165, 1.54) is 21.5 Å². The Hall–Kier alpha value is -2.93. The number of hydrogen-bond donors (Lipinski definition) is 1. The van der Waals surface area contributed by atoms with Gasteiger partial charge in [0.25, 0.3) is 11.8 Å². The molecule has 0 spiro atoms. The van der Waals surface area contributed by atoms with Gasteiger partial charge in [0.2, 0.25) is 5.91 Å². The van der Waals surface area contributed by atoms with Crippen LogP contribution in [0, 0.1) is 0 Å². The smallest absolute Gasteiger partial charge is 0.261 e. The Morgan fingerprint density at radius 3 is 2.73 bits per heavy atom. The minimum atomic E-state index is -0.287. The molecule has 0 atom stereocenters. The van der Waals surface area contributed by atoms with Gasteiger partial charge in [0.1, 0.15) is 0 Å². The van der Waals surface area contributed by atoms with Crippen molar-refractivity contribution in [1.29, 1.82) is 0 Å². The summed E-state index contributed by atoms with van der Waals surface area (Å²) in [5, 5.41) is 1.17. The number of para-hydroxylation sites is 1. The van der Waals surface area contributed by atoms with Crippen LogP contribution in [0.4, 0.5) is 0 Å². The lowest BCUT2D eigenvalue weighted by atomic mass is 10.0. The summed E-state index contributed by atoms with van der Waals surface area (Å²) in [6.07, 6.45) is 1.58. The maximum Gasteiger partial charge on any atom is 0.261 e. The van der Waals surface area contributed by atoms with Crippen LogP contribution in [0.3, 0.4) is 0 Å². The Morgan fingerprint density at radius 2 is 1.87 bits per heavy atom. The lowest BCUT2D eigenvalue weighted by molar-refractivity contribution is -0.132. The van der Waals surface area contributed by atoms with Crippen LogP contribution >= 0.6 is 15.9 Å². The Balaban J connectivity index is 1.21. The number of amides is 3. The van der Waals surface area contributed by atoms with Crippen molar-refractivity contribution in [2.24, 2.45) is 0 Å². The molecule has 2 aliphatic heterocycles. The zero-order valence-electron chi connectivity index (χ0n) is 16.3. The molecule has 2 aliphatic rings. The van der Waals surface area contributed by atoms with E-state index in [1.807, 2.05) is 17.0 Å². The monoisotopic (exact) mass is 465 g/mol. The topological polar surface area (TPSA) is 73.5 Å². The number of hydrogen-bond acceptors (Lipinski definition) is 3. The molecule has 0 saturated heterocycles. The van der Waals surface area contributed by atoms with Gasteiger partial charge in [0.15, 0.2) is 0 Å². The molecule has 6 nitrogen and oxygen atoms in total. The van der Waals surface area contributed by atoms with E-state index in [1.54, 1.807) is 18.2 Å². The summed E-state index contributed by atoms with van der Waals surface area (Å²) in [4.78, 5) is 44.4. The number of H-pyrrole nitrogens is 1. The van der Waals surface area contributed by atoms with E-state index >= 15 is 0 Å². The van der Waals surface area contributed by atoms with Crippen molar-refractivity contribution in [2.75, 3.05) is 13.1 Å². The summed E-state index contributed by atoms with van der Waals surface area (Å²) in [5.74, 6) is -0.508. The fourth-order valence-corrected chi connectivity index (χ4v) is 4.75. The van der Waals surface area contributed by atoms with Crippen LogP contribution in [0.1, 0.15) is 44.8 Å². The van der Waals surface area contributed by atoms with Gasteiger partial charge in [0, 0.05) is 59.1 Å². The maximum atomic E-state index is 12.8. The fourth-order valence-electron chi connectivity index (χ4n) is 4.39. The van der Waals surface area contributed by atoms with Crippen molar-refractivity contribution in [3.05, 3.63) is 69.3 Å². The number of halogens is 1. The predicted octanol–water partition coefficient (Wildman–Crippen LogP) is 3.89. The minimum Gasteiger partial charge on any atom is -0.358 e. The zero-order valence-corrected chi connectivity index (χ0v) is 17.9. The van der Waals surface area contributed by atoms with Gasteiger partial charge in [-0.15, -0.1) is 0 Å². The maximum absolute atomic E-state index is 12.8. The highest BCUT2D eigenvalue weighted by Gasteiger charge is 2.35. The first-order chi connectivity index (χ1) is 14.5. The summed E-state index contributed by atoms with van der Waals surface area (Å²) in [7, 11) is 0. The molecule has 3 amide bonds. The van der Waals surface area contributed by atoms with Crippen molar-refractivity contribution in [2.45, 2.75) is 25.8 Å². The normalized spacial score (nSPS) is 15.6. The van der Waals surface area contributed by atoms with Crippen molar-refractivity contribution in [3.63, 3.8) is 0 Å². The minimum absolute atomic E-state index is 0.0604. The van der Waals surface area contributed by atoms with Crippen LogP contribution in [-0.2, 0) is 17.8 Å². The lowest BCUT2D eigenvalue weighted by Crippen LogP contribution is -2.36. The molecular weight excluding hydrogens is 446 g/mol. The van der Waals surface area contributed by atoms with Crippen LogP contribution in [-0.4, -0.2) is 45.6 Å². The van der Waals surface area contributed by atoms with Gasteiger partial charge >= 0.3 is 0 Å². The number of aromatic nitrogens is 1. The molecule has 30 heavy (non-hydrogen) atoms. The Morgan fingerprint density at radius 1 is 1.07 bits per heavy atom. The second-order valence-corrected chi connectivity index (χ2v) is 8.66. The number of carbonyl (C=O) groups is 3. The number of fused-ring (bicyclic) bond motifs is 4. The highest BCUT2D eigenvalue weighted by molar-refractivity contribution is 9.10. The Bertz CT molecular complexity index is 1200. The molecule has 3 aromatic rings. The van der Waals surface area contributed by atoms with E-state index in [0.717, 1.165) is 16.4 Å². The summed E-state index contributed by atoms with van der Waals surface area (Å²) in [5.41, 5.74) is 4.35. The van der Waals surface area contributed by atoms with Crippen LogP contribution in [0.25, 0.3) is 10.9 Å². The van der Waals surface area contributed by atoms with E-state index in [0.29, 0.717) is 37.1 Å². The molecule has 0 saturated carbocycles. The quantitative estimate of drug-likeness (QED) is 0.593. The van der Waals surface area contributed by atoms with Gasteiger partial charge in [-0.1, -0.05) is 34.1 Å². The zero-order chi connectivity index (χ0) is 20.8. The molecule has 5 rings (SSSR count). The molecule has 0 unspecified atom stereocenters. The van der Waals surface area contributed by atoms with Gasteiger partial charge in [-0.05, 0) is 30.7 Å². The van der Waals surface area contributed by atoms with Crippen LogP contribution in [0.2, 0.25) is 0 Å². The van der Waals surface area contributed by atoms with Crippen LogP contribution < -0.4 is 0 Å². The Labute approximate surface area is 182 Å². The standard InChI is InChI=1S/C23H20BrN3O3/c24-14-7-8-16-17(12-14)23(30)27(22(16)29)10-3-6-21(28)26-11-9-20-18(13-26)15-4-1-2-5-19(15)25-20/h1-2,4-5,7-8,12,25H,3,6,9-11,13H2. The average molecular weight is 466 g/mol. The summed E-state index contributed by atoms with van der Waals surface area (Å²) in [6.45, 7) is 1.53. The third-order valence-corrected chi connectivity index (χ3v) is 6.43. The van der Waals surface area contributed by atoms with Crippen LogP contribution in [0.5, 0.6) is 0 Å². The number of rotatable bonds is 4. The molecule has 152 valence electrons. The van der Waals surface area contributed by atoms with Gasteiger partial charge in [-0.3, -0.25) is 19.3 Å². The predicted molar refractivity (Wildman–Crippen MR) is 116 cm³/mol. The van der Waals surface area contributed by atoms with E-state index < -0.39 is 0 Å². The first-order valence-corrected chi connectivity index (χ1v) is 10.8. The summed E-state index contributed by atoms with van der Waals surface area (Å²) >= 11 is 3.34. The molecule has 3 heterocycles. The number of nitrogens with one attached hydrogen (secondary N) is 1. The average Bonchev–Trinajstić information content (AvgIpc) is 3.23. The third-order valence-electron chi connectivity index (χ3n) is 5.94. The molecule has 0 bridgehead atoms. The van der Waals surface area contributed by atoms with Crippen molar-refractivity contribution >= 4 is 44.6 Å². The second kappa shape index (κ2) is 7.40. The lowest BCUT2D eigenvalue weighted by Gasteiger charge is -2.27. The molecule has 7 heteroatoms. The SMILES string of the molecule is O=C(CCCN1C(=O)c2ccc(Br)cc2C1=O)N1CCc2[nH]c3ccccc3c2C1. The van der Waals surface area contributed by atoms with Crippen molar-refractivity contribution < 1.29 is 14.4 Å². The molecule has 0 radical (unpaired) electrons. The van der Waals surface area contributed by atoms with Crippen molar-refractivity contribution in [3.8, 4) is 0 Å². The second-order valence-electron chi connectivity index (χ2n) is 7.75. The molecule has 0 fully saturated rings. The highest BCUT2D eigenvalue weighted by atomic mass is 79.9. The molecule has 1 N–H and O–H groups in total. The summed E-state index contributed by atoms with van der Waals surface area (Å²) < 4.78 is 0.765. The van der Waals surface area contributed by atoms with Gasteiger partial charge in [-0.2, -0.15) is 0 Å². The third kappa shape index (κ3) is 3.13. The largest absolute Gasteiger partial charge is 0.358 e. The van der Waals surface area contributed by atoms with Gasteiger partial charge < -0.3 is 9.88 Å². The first kappa shape index (κ1) is 19.1. The van der Waals surface area contributed by atoms with Gasteiger partial charge in [0.05, 0.1) is 11.1 Å². The number of imide groups is 1. The van der Waals surface area contributed by atoms with E-state index in [2.05, 4.69) is 33.0 Å². The van der Waals surface area contributed by atoms with Gasteiger partial charge in [-0.25, -0.2) is 0 Å². The highest BCUT2D eigenvalue weighted by Crippen LogP contribution is 2.29. The summed E-state index contributed by atoms with van der Waals surface area (Å²) in [6, 6.07) is 13.2. The van der Waals surface area contributed by atoms with Crippen molar-refractivity contribution in [1.82, 2.24) is 14.8 Å². The number of nitrogens with zero attached hydrogens (tertiary/aromatic N) is 2. The van der Waals surface area contributed by atoms with E-state index in [9.17, 15) is 14.4 Å². The molecular formula is C23H20BrN3O3. The Kier molecular flexibility index (Phi) is 4.70. The molecule has 1 aromatic heterocycles. The number of benzene rings is 2. The van der Waals surface area contributed by atoms with Crippen LogP contribution in [0.15, 0.2) is 46.9 Å². The number of aromatic amines is 1. The molecule has 2 aromatic carbocycles. The van der Waals surface area contributed by atoms with E-state index in [4.69, 9.17) is 0 Å². The molecule has 0 aliphatic carbocycles. The first-order valence-electron chi connectivity index (χ1n) is 10.0. The fraction of sp³-hybridized carbons (Fsp3) is 0.261.